The Morgan fingerprint density at radius 1 is 0.946 bits per heavy atom. The van der Waals surface area contributed by atoms with Crippen LogP contribution in [0.15, 0.2) is 53.1 Å². The van der Waals surface area contributed by atoms with E-state index in [0.29, 0.717) is 22.6 Å². The number of carbonyl (C=O) groups excluding carboxylic acids is 1. The molecule has 0 atom stereocenters. The van der Waals surface area contributed by atoms with Crippen molar-refractivity contribution in [2.45, 2.75) is 13.5 Å². The van der Waals surface area contributed by atoms with Gasteiger partial charge in [-0.2, -0.15) is 15.4 Å². The molecule has 1 aliphatic heterocycles. The average Bonchev–Trinajstić information content (AvgIpc) is 3.18. The van der Waals surface area contributed by atoms with E-state index in [9.17, 15) is 26.7 Å². The van der Waals surface area contributed by atoms with Gasteiger partial charge in [-0.05, 0) is 48.4 Å². The number of benzene rings is 3. The molecule has 4 rings (SSSR count). The number of anilines is 1. The van der Waals surface area contributed by atoms with E-state index in [1.807, 2.05) is 6.07 Å². The lowest BCUT2D eigenvalue weighted by molar-refractivity contribution is -0.114. The van der Waals surface area contributed by atoms with E-state index in [4.69, 9.17) is 14.7 Å². The van der Waals surface area contributed by atoms with Gasteiger partial charge in [0.15, 0.2) is 34.8 Å². The van der Waals surface area contributed by atoms with Crippen LogP contribution in [0.5, 0.6) is 11.5 Å². The fourth-order valence-corrected chi connectivity index (χ4v) is 3.51. The first kappa shape index (κ1) is 25.4. The lowest BCUT2D eigenvalue weighted by Crippen LogP contribution is -2.25. The number of nitriles is 1. The maximum atomic E-state index is 14.2. The van der Waals surface area contributed by atoms with E-state index in [-0.39, 0.29) is 22.9 Å². The van der Waals surface area contributed by atoms with Crippen molar-refractivity contribution in [1.82, 2.24) is 0 Å². The Morgan fingerprint density at radius 2 is 1.57 bits per heavy atom. The Balaban J connectivity index is 1.59. The quantitative estimate of drug-likeness (QED) is 0.185. The van der Waals surface area contributed by atoms with Crippen LogP contribution in [0.25, 0.3) is 6.08 Å². The zero-order chi connectivity index (χ0) is 26.9. The summed E-state index contributed by atoms with van der Waals surface area (Å²) in [5.41, 5.74) is 0.140. The van der Waals surface area contributed by atoms with E-state index in [1.165, 1.54) is 26.2 Å². The minimum Gasteiger partial charge on any atom is -0.493 e. The minimum atomic E-state index is -2.34. The highest BCUT2D eigenvalue weighted by molar-refractivity contribution is 6.32. The SMILES string of the molecule is COc1cc(/C=C2\C(=O)N(c3c(F)c(F)c(F)c(F)c3F)N=C2C)ccc1OCc1ccc(C#N)cc1. The van der Waals surface area contributed by atoms with Crippen LogP contribution in [0, 0.1) is 40.4 Å². The summed E-state index contributed by atoms with van der Waals surface area (Å²) < 4.78 is 80.3. The molecule has 0 aromatic heterocycles. The van der Waals surface area contributed by atoms with Crippen molar-refractivity contribution in [3.8, 4) is 17.6 Å². The van der Waals surface area contributed by atoms with E-state index < -0.39 is 40.7 Å². The van der Waals surface area contributed by atoms with Crippen LogP contribution < -0.4 is 14.5 Å². The van der Waals surface area contributed by atoms with Gasteiger partial charge < -0.3 is 9.47 Å². The summed E-state index contributed by atoms with van der Waals surface area (Å²) in [6.07, 6.45) is 1.33. The van der Waals surface area contributed by atoms with Crippen molar-refractivity contribution in [2.75, 3.05) is 12.1 Å². The number of hydrogen-bond acceptors (Lipinski definition) is 5. The first-order chi connectivity index (χ1) is 17.7. The van der Waals surface area contributed by atoms with Gasteiger partial charge >= 0.3 is 0 Å². The van der Waals surface area contributed by atoms with Crippen LogP contribution in [0.3, 0.4) is 0 Å². The summed E-state index contributed by atoms with van der Waals surface area (Å²) in [5.74, 6) is -11.5. The standard InChI is InChI=1S/C26H16F5N3O3/c1-13-17(26(35)34(33-13)25-23(30)21(28)20(27)22(29)24(25)31)9-16-7-8-18(19(10-16)36-2)37-12-15-5-3-14(11-32)4-6-15/h3-10H,12H2,1-2H3/b17-9-. The number of ether oxygens (including phenoxy) is 2. The van der Waals surface area contributed by atoms with Crippen LogP contribution in [0.1, 0.15) is 23.6 Å². The monoisotopic (exact) mass is 513 g/mol. The molecule has 11 heteroatoms. The number of carbonyl (C=O) groups is 1. The molecular weight excluding hydrogens is 497 g/mol. The summed E-state index contributed by atoms with van der Waals surface area (Å²) in [6.45, 7) is 1.53. The molecule has 1 heterocycles. The van der Waals surface area contributed by atoms with Gasteiger partial charge in [-0.25, -0.2) is 22.0 Å². The number of halogens is 5. The Hall–Kier alpha value is -4.72. The second-order valence-corrected chi connectivity index (χ2v) is 7.79. The largest absolute Gasteiger partial charge is 0.493 e. The Labute approximate surface area is 207 Å². The van der Waals surface area contributed by atoms with Gasteiger partial charge in [0.25, 0.3) is 5.91 Å². The zero-order valence-electron chi connectivity index (χ0n) is 19.3. The van der Waals surface area contributed by atoms with Crippen molar-refractivity contribution < 1.29 is 36.2 Å². The van der Waals surface area contributed by atoms with Crippen molar-refractivity contribution in [1.29, 1.82) is 5.26 Å². The van der Waals surface area contributed by atoms with Crippen LogP contribution >= 0.6 is 0 Å². The molecule has 0 radical (unpaired) electrons. The van der Waals surface area contributed by atoms with Gasteiger partial charge in [-0.15, -0.1) is 0 Å². The topological polar surface area (TPSA) is 74.9 Å². The number of hydrogen-bond donors (Lipinski definition) is 0. The second-order valence-electron chi connectivity index (χ2n) is 7.79. The third-order valence-electron chi connectivity index (χ3n) is 5.44. The van der Waals surface area contributed by atoms with Gasteiger partial charge in [-0.1, -0.05) is 18.2 Å². The third kappa shape index (κ3) is 4.73. The minimum absolute atomic E-state index is 0.00551. The smallest absolute Gasteiger partial charge is 0.280 e. The molecule has 0 bridgehead atoms. The van der Waals surface area contributed by atoms with Gasteiger partial charge in [0.05, 0.1) is 30.0 Å². The molecular formula is C26H16F5N3O3. The lowest BCUT2D eigenvalue weighted by Gasteiger charge is -2.15. The Kier molecular flexibility index (Phi) is 6.93. The first-order valence-electron chi connectivity index (χ1n) is 10.6. The van der Waals surface area contributed by atoms with Crippen molar-refractivity contribution >= 4 is 23.4 Å². The van der Waals surface area contributed by atoms with Gasteiger partial charge in [0, 0.05) is 0 Å². The average molecular weight is 513 g/mol. The highest BCUT2D eigenvalue weighted by atomic mass is 19.2. The van der Waals surface area contributed by atoms with E-state index >= 15 is 0 Å². The third-order valence-corrected chi connectivity index (χ3v) is 5.44. The predicted octanol–water partition coefficient (Wildman–Crippen LogP) is 5.65. The summed E-state index contributed by atoms with van der Waals surface area (Å²) in [7, 11) is 1.40. The van der Waals surface area contributed by atoms with Crippen molar-refractivity contribution in [2.24, 2.45) is 5.10 Å². The van der Waals surface area contributed by atoms with Crippen molar-refractivity contribution in [3.05, 3.63) is 93.8 Å². The summed E-state index contributed by atoms with van der Waals surface area (Å²) in [5, 5.41) is 12.7. The molecule has 188 valence electrons. The van der Waals surface area contributed by atoms with Crippen LogP contribution in [0.4, 0.5) is 27.6 Å². The molecule has 6 nitrogen and oxygen atoms in total. The number of nitrogens with zero attached hydrogens (tertiary/aromatic N) is 3. The first-order valence-corrected chi connectivity index (χ1v) is 10.6. The molecule has 0 fully saturated rings. The molecule has 1 aliphatic rings. The number of amides is 1. The normalized spacial score (nSPS) is 14.1. The molecule has 0 N–H and O–H groups in total. The van der Waals surface area contributed by atoms with Crippen LogP contribution in [0.2, 0.25) is 0 Å². The summed E-state index contributed by atoms with van der Waals surface area (Å²) >= 11 is 0. The van der Waals surface area contributed by atoms with E-state index in [2.05, 4.69) is 5.10 Å². The fourth-order valence-electron chi connectivity index (χ4n) is 3.51. The Morgan fingerprint density at radius 3 is 2.16 bits per heavy atom. The van der Waals surface area contributed by atoms with E-state index in [0.717, 1.165) is 5.56 Å². The summed E-state index contributed by atoms with van der Waals surface area (Å²) in [6, 6.07) is 13.5. The maximum Gasteiger partial charge on any atom is 0.280 e. The highest BCUT2D eigenvalue weighted by Gasteiger charge is 2.37. The lowest BCUT2D eigenvalue weighted by atomic mass is 10.1. The highest BCUT2D eigenvalue weighted by Crippen LogP contribution is 2.35. The number of hydrazone groups is 1. The Bertz CT molecular complexity index is 1480. The molecule has 3 aromatic rings. The molecule has 0 aliphatic carbocycles. The van der Waals surface area contributed by atoms with Crippen LogP contribution in [-0.2, 0) is 11.4 Å². The molecule has 0 saturated heterocycles. The number of rotatable bonds is 6. The fraction of sp³-hybridized carbons (Fsp3) is 0.115. The molecule has 37 heavy (non-hydrogen) atoms. The molecule has 1 amide bonds. The van der Waals surface area contributed by atoms with Gasteiger partial charge in [0.1, 0.15) is 12.3 Å². The van der Waals surface area contributed by atoms with Crippen LogP contribution in [-0.4, -0.2) is 18.7 Å². The predicted molar refractivity (Wildman–Crippen MR) is 123 cm³/mol. The summed E-state index contributed by atoms with van der Waals surface area (Å²) in [4.78, 5) is 12.9. The van der Waals surface area contributed by atoms with E-state index in [1.54, 1.807) is 36.4 Å². The second kappa shape index (κ2) is 10.1. The molecule has 0 spiro atoms. The van der Waals surface area contributed by atoms with Gasteiger partial charge in [0.2, 0.25) is 5.82 Å². The van der Waals surface area contributed by atoms with Gasteiger partial charge in [-0.3, -0.25) is 4.79 Å². The molecule has 3 aromatic carbocycles. The zero-order valence-corrected chi connectivity index (χ0v) is 19.3. The number of methoxy groups -OCH3 is 1. The maximum absolute atomic E-state index is 14.2. The molecule has 0 saturated carbocycles. The molecule has 0 unspecified atom stereocenters. The van der Waals surface area contributed by atoms with Crippen molar-refractivity contribution in [3.63, 3.8) is 0 Å².